The highest BCUT2D eigenvalue weighted by Gasteiger charge is 2.13. The number of nitrogens with one attached hydrogen (secondary N) is 1. The van der Waals surface area contributed by atoms with Crippen LogP contribution in [0.15, 0.2) is 22.7 Å². The minimum Gasteiger partial charge on any atom is -0.325 e. The Kier molecular flexibility index (Phi) is 6.83. The van der Waals surface area contributed by atoms with E-state index in [1.54, 1.807) is 11.8 Å². The summed E-state index contributed by atoms with van der Waals surface area (Å²) in [6.45, 7) is 0. The van der Waals surface area contributed by atoms with Gasteiger partial charge in [-0.2, -0.15) is 11.8 Å². The van der Waals surface area contributed by atoms with E-state index in [2.05, 4.69) is 43.8 Å². The van der Waals surface area contributed by atoms with Gasteiger partial charge >= 0.3 is 0 Å². The third-order valence-electron chi connectivity index (χ3n) is 2.16. The molecule has 1 atom stereocenters. The van der Waals surface area contributed by atoms with Gasteiger partial charge in [-0.1, -0.05) is 0 Å². The van der Waals surface area contributed by atoms with Crippen LogP contribution in [-0.4, -0.2) is 24.0 Å². The molecule has 0 aliphatic carbocycles. The summed E-state index contributed by atoms with van der Waals surface area (Å²) in [5, 5.41) is 2.82. The Balaban J connectivity index is 2.58. The summed E-state index contributed by atoms with van der Waals surface area (Å²) < 4.78 is 2.07. The van der Waals surface area contributed by atoms with Crippen LogP contribution in [-0.2, 0) is 4.79 Å². The Morgan fingerprint density at radius 1 is 1.65 bits per heavy atom. The molecule has 0 saturated heterocycles. The fourth-order valence-electron chi connectivity index (χ4n) is 1.18. The average molecular weight is 429 g/mol. The van der Waals surface area contributed by atoms with Crippen molar-refractivity contribution in [1.29, 1.82) is 0 Å². The predicted octanol–water partition coefficient (Wildman–Crippen LogP) is 3.07. The van der Waals surface area contributed by atoms with E-state index in [4.69, 9.17) is 5.73 Å². The van der Waals surface area contributed by atoms with Crippen LogP contribution in [0.1, 0.15) is 6.42 Å². The lowest BCUT2D eigenvalue weighted by atomic mass is 10.2. The van der Waals surface area contributed by atoms with Gasteiger partial charge in [-0.05, 0) is 75.1 Å². The molecular weight excluding hydrogens is 415 g/mol. The fourth-order valence-corrected chi connectivity index (χ4v) is 2.44. The zero-order valence-corrected chi connectivity index (χ0v) is 13.9. The zero-order valence-electron chi connectivity index (χ0n) is 9.37. The Hall–Kier alpha value is 0.210. The van der Waals surface area contributed by atoms with Gasteiger partial charge in [0.05, 0.1) is 6.04 Å². The largest absolute Gasteiger partial charge is 0.325 e. The maximum absolute atomic E-state index is 11.8. The van der Waals surface area contributed by atoms with Gasteiger partial charge in [0, 0.05) is 13.7 Å². The molecule has 3 N–H and O–H groups in total. The molecule has 0 aliphatic rings. The van der Waals surface area contributed by atoms with Crippen LogP contribution in [0.4, 0.5) is 5.69 Å². The summed E-state index contributed by atoms with van der Waals surface area (Å²) in [7, 11) is 0. The number of hydrogen-bond acceptors (Lipinski definition) is 3. The highest BCUT2D eigenvalue weighted by Crippen LogP contribution is 2.22. The average Bonchev–Trinajstić information content (AvgIpc) is 2.30. The number of halogens is 2. The molecule has 1 aromatic carbocycles. The van der Waals surface area contributed by atoms with Crippen molar-refractivity contribution in [3.8, 4) is 0 Å². The van der Waals surface area contributed by atoms with Crippen molar-refractivity contribution in [1.82, 2.24) is 0 Å². The minimum absolute atomic E-state index is 0.128. The van der Waals surface area contributed by atoms with Crippen LogP contribution in [0.5, 0.6) is 0 Å². The first-order valence-electron chi connectivity index (χ1n) is 5.05. The SMILES string of the molecule is CSCC[C@@H](N)C(=O)Nc1ccc(Br)c(I)c1. The molecule has 0 aliphatic heterocycles. The number of anilines is 1. The molecule has 0 saturated carbocycles. The van der Waals surface area contributed by atoms with Crippen LogP contribution in [0.25, 0.3) is 0 Å². The van der Waals surface area contributed by atoms with Gasteiger partial charge in [-0.3, -0.25) is 4.79 Å². The second-order valence-corrected chi connectivity index (χ2v) is 6.51. The lowest BCUT2D eigenvalue weighted by Gasteiger charge is -2.12. The van der Waals surface area contributed by atoms with E-state index >= 15 is 0 Å². The van der Waals surface area contributed by atoms with E-state index < -0.39 is 6.04 Å². The summed E-state index contributed by atoms with van der Waals surface area (Å²) in [4.78, 5) is 11.8. The molecule has 17 heavy (non-hydrogen) atoms. The lowest BCUT2D eigenvalue weighted by molar-refractivity contribution is -0.117. The van der Waals surface area contributed by atoms with Crippen molar-refractivity contribution >= 4 is 61.9 Å². The molecule has 3 nitrogen and oxygen atoms in total. The maximum Gasteiger partial charge on any atom is 0.241 e. The van der Waals surface area contributed by atoms with Crippen molar-refractivity contribution < 1.29 is 4.79 Å². The van der Waals surface area contributed by atoms with Crippen molar-refractivity contribution in [2.45, 2.75) is 12.5 Å². The summed E-state index contributed by atoms with van der Waals surface area (Å²) >= 11 is 7.31. The van der Waals surface area contributed by atoms with E-state index in [0.717, 1.165) is 19.5 Å². The Bertz CT molecular complexity index is 403. The third-order valence-corrected chi connectivity index (χ3v) is 5.13. The van der Waals surface area contributed by atoms with Gasteiger partial charge < -0.3 is 11.1 Å². The quantitative estimate of drug-likeness (QED) is 0.708. The summed E-state index contributed by atoms with van der Waals surface area (Å²) in [6.07, 6.45) is 2.70. The van der Waals surface area contributed by atoms with Crippen molar-refractivity contribution in [2.24, 2.45) is 5.73 Å². The van der Waals surface area contributed by atoms with E-state index in [1.165, 1.54) is 0 Å². The molecule has 0 radical (unpaired) electrons. The van der Waals surface area contributed by atoms with Crippen LogP contribution in [0.3, 0.4) is 0 Å². The summed E-state index contributed by atoms with van der Waals surface area (Å²) in [6, 6.07) is 5.23. The van der Waals surface area contributed by atoms with E-state index in [9.17, 15) is 4.79 Å². The second-order valence-electron chi connectivity index (χ2n) is 3.51. The van der Waals surface area contributed by atoms with E-state index in [0.29, 0.717) is 6.42 Å². The molecule has 0 heterocycles. The number of thioether (sulfide) groups is 1. The van der Waals surface area contributed by atoms with Gasteiger partial charge in [0.25, 0.3) is 0 Å². The fraction of sp³-hybridized carbons (Fsp3) is 0.364. The molecule has 0 aromatic heterocycles. The van der Waals surface area contributed by atoms with Gasteiger partial charge in [0.1, 0.15) is 0 Å². The molecule has 0 unspecified atom stereocenters. The lowest BCUT2D eigenvalue weighted by Crippen LogP contribution is -2.36. The van der Waals surface area contributed by atoms with E-state index in [1.807, 2.05) is 24.5 Å². The van der Waals surface area contributed by atoms with Crippen molar-refractivity contribution in [3.05, 3.63) is 26.2 Å². The first kappa shape index (κ1) is 15.3. The Labute approximate surface area is 128 Å². The summed E-state index contributed by atoms with van der Waals surface area (Å²) in [5.74, 6) is 0.768. The Morgan fingerprint density at radius 3 is 2.94 bits per heavy atom. The third kappa shape index (κ3) is 5.15. The van der Waals surface area contributed by atoms with Gasteiger partial charge in [-0.25, -0.2) is 0 Å². The molecule has 0 bridgehead atoms. The molecule has 1 rings (SSSR count). The topological polar surface area (TPSA) is 55.1 Å². The highest BCUT2D eigenvalue weighted by atomic mass is 127. The van der Waals surface area contributed by atoms with E-state index in [-0.39, 0.29) is 5.91 Å². The van der Waals surface area contributed by atoms with Gasteiger partial charge in [-0.15, -0.1) is 0 Å². The van der Waals surface area contributed by atoms with Gasteiger partial charge in [0.2, 0.25) is 5.91 Å². The van der Waals surface area contributed by atoms with Crippen molar-refractivity contribution in [3.63, 3.8) is 0 Å². The first-order chi connectivity index (χ1) is 8.04. The Morgan fingerprint density at radius 2 is 2.35 bits per heavy atom. The number of rotatable bonds is 5. The van der Waals surface area contributed by atoms with Crippen LogP contribution in [0.2, 0.25) is 0 Å². The van der Waals surface area contributed by atoms with Gasteiger partial charge in [0.15, 0.2) is 0 Å². The maximum atomic E-state index is 11.8. The number of nitrogens with two attached hydrogens (primary N) is 1. The second kappa shape index (κ2) is 7.60. The molecule has 1 amide bonds. The van der Waals surface area contributed by atoms with Crippen LogP contribution in [0, 0.1) is 3.57 Å². The monoisotopic (exact) mass is 428 g/mol. The molecule has 0 fully saturated rings. The van der Waals surface area contributed by atoms with Crippen molar-refractivity contribution in [2.75, 3.05) is 17.3 Å². The number of hydrogen-bond donors (Lipinski definition) is 2. The molecule has 0 spiro atoms. The first-order valence-corrected chi connectivity index (χ1v) is 8.31. The number of amides is 1. The zero-order chi connectivity index (χ0) is 12.8. The molecule has 6 heteroatoms. The molecule has 94 valence electrons. The highest BCUT2D eigenvalue weighted by molar-refractivity contribution is 14.1. The van der Waals surface area contributed by atoms with Crippen LogP contribution >= 0.6 is 50.3 Å². The minimum atomic E-state index is -0.441. The van der Waals surface area contributed by atoms with Crippen LogP contribution < -0.4 is 11.1 Å². The summed E-state index contributed by atoms with van der Waals surface area (Å²) in [5.41, 5.74) is 6.56. The molecule has 1 aromatic rings. The number of benzene rings is 1. The predicted molar refractivity (Wildman–Crippen MR) is 86.5 cm³/mol. The number of carbonyl (C=O) groups excluding carboxylic acids is 1. The normalized spacial score (nSPS) is 12.2. The standard InChI is InChI=1S/C11H14BrIN2OS/c1-17-5-4-10(14)11(16)15-7-2-3-8(12)9(13)6-7/h2-3,6,10H,4-5,14H2,1H3,(H,15,16)/t10-/m1/s1. The molecular formula is C11H14BrIN2OS. The number of carbonyl (C=O) groups is 1. The smallest absolute Gasteiger partial charge is 0.241 e.